The second kappa shape index (κ2) is 9.13. The van der Waals surface area contributed by atoms with Gasteiger partial charge in [-0.2, -0.15) is 5.21 Å². The van der Waals surface area contributed by atoms with Crippen molar-refractivity contribution in [3.05, 3.63) is 23.8 Å². The minimum absolute atomic E-state index is 0.00559. The average Bonchev–Trinajstić information content (AvgIpc) is 3.23. The molecule has 0 bridgehead atoms. The van der Waals surface area contributed by atoms with E-state index in [1.807, 2.05) is 46.4 Å². The number of hydrogen-bond acceptors (Lipinski definition) is 7. The minimum atomic E-state index is -0.599. The number of nitrogens with one attached hydrogen (secondary N) is 1. The summed E-state index contributed by atoms with van der Waals surface area (Å²) in [7, 11) is 1.68. The van der Waals surface area contributed by atoms with Gasteiger partial charge in [0.05, 0.1) is 17.7 Å². The first kappa shape index (κ1) is 23.5. The van der Waals surface area contributed by atoms with E-state index in [2.05, 4.69) is 20.6 Å². The number of rotatable bonds is 4. The summed E-state index contributed by atoms with van der Waals surface area (Å²) in [6.07, 6.45) is -0.826. The van der Waals surface area contributed by atoms with E-state index in [1.165, 1.54) is 4.90 Å². The van der Waals surface area contributed by atoms with Crippen molar-refractivity contribution >= 4 is 12.0 Å². The molecule has 0 saturated heterocycles. The van der Waals surface area contributed by atoms with E-state index in [0.717, 1.165) is 0 Å². The Morgan fingerprint density at radius 2 is 2.03 bits per heavy atom. The zero-order chi connectivity index (χ0) is 23.6. The molecule has 0 saturated carbocycles. The number of aromatic nitrogens is 4. The first-order chi connectivity index (χ1) is 15.0. The Bertz CT molecular complexity index is 954. The van der Waals surface area contributed by atoms with Gasteiger partial charge in [-0.3, -0.25) is 4.79 Å². The standard InChI is InChI=1S/C22H32N6O4/c1-13(2)28-11-14(3)17(12-27(7)21(30)32-22(4,5)6)31-18-15(19-23-25-26-24-19)9-8-10-16(18)20(28)29/h8-10,13-14,17H,11-12H2,1-7H3,(H,23,24,25,26). The Kier molecular flexibility index (Phi) is 6.71. The molecule has 0 fully saturated rings. The summed E-state index contributed by atoms with van der Waals surface area (Å²) >= 11 is 0. The van der Waals surface area contributed by atoms with Crippen molar-refractivity contribution in [1.29, 1.82) is 0 Å². The quantitative estimate of drug-likeness (QED) is 0.771. The number of carbonyl (C=O) groups excluding carboxylic acids is 2. The Morgan fingerprint density at radius 3 is 2.62 bits per heavy atom. The van der Waals surface area contributed by atoms with Crippen LogP contribution in [0.3, 0.4) is 0 Å². The fourth-order valence-corrected chi connectivity index (χ4v) is 3.56. The predicted molar refractivity (Wildman–Crippen MR) is 118 cm³/mol. The van der Waals surface area contributed by atoms with Gasteiger partial charge >= 0.3 is 6.09 Å². The minimum Gasteiger partial charge on any atom is -0.487 e. The molecule has 2 heterocycles. The van der Waals surface area contributed by atoms with Crippen LogP contribution >= 0.6 is 0 Å². The van der Waals surface area contributed by atoms with Gasteiger partial charge in [-0.05, 0) is 52.0 Å². The zero-order valence-corrected chi connectivity index (χ0v) is 19.7. The van der Waals surface area contributed by atoms with E-state index in [4.69, 9.17) is 9.47 Å². The molecular formula is C22H32N6O4. The Morgan fingerprint density at radius 1 is 1.34 bits per heavy atom. The van der Waals surface area contributed by atoms with Crippen LogP contribution in [-0.2, 0) is 4.74 Å². The molecular weight excluding hydrogens is 412 g/mol. The van der Waals surface area contributed by atoms with E-state index in [1.54, 1.807) is 25.2 Å². The maximum atomic E-state index is 13.4. The van der Waals surface area contributed by atoms with Crippen LogP contribution in [0.4, 0.5) is 4.79 Å². The number of para-hydroxylation sites is 1. The fourth-order valence-electron chi connectivity index (χ4n) is 3.56. The van der Waals surface area contributed by atoms with Gasteiger partial charge in [0.15, 0.2) is 0 Å². The van der Waals surface area contributed by atoms with Crippen LogP contribution in [0.1, 0.15) is 51.9 Å². The summed E-state index contributed by atoms with van der Waals surface area (Å²) in [5.41, 5.74) is 0.392. The number of nitrogens with zero attached hydrogens (tertiary/aromatic N) is 5. The van der Waals surface area contributed by atoms with Gasteiger partial charge in [0.25, 0.3) is 5.91 Å². The molecule has 10 nitrogen and oxygen atoms in total. The lowest BCUT2D eigenvalue weighted by Crippen LogP contribution is -2.49. The summed E-state index contributed by atoms with van der Waals surface area (Å²) in [6.45, 7) is 12.2. The lowest BCUT2D eigenvalue weighted by Gasteiger charge is -2.38. The highest BCUT2D eigenvalue weighted by molar-refractivity contribution is 5.99. The molecule has 1 aromatic heterocycles. The summed E-state index contributed by atoms with van der Waals surface area (Å²) < 4.78 is 11.9. The van der Waals surface area contributed by atoms with Crippen LogP contribution in [0.2, 0.25) is 0 Å². The van der Waals surface area contributed by atoms with E-state index in [0.29, 0.717) is 29.2 Å². The summed E-state index contributed by atoms with van der Waals surface area (Å²) in [4.78, 5) is 29.3. The van der Waals surface area contributed by atoms with E-state index in [-0.39, 0.29) is 24.4 Å². The average molecular weight is 445 g/mol. The second-order valence-corrected chi connectivity index (χ2v) is 9.46. The molecule has 2 atom stereocenters. The smallest absolute Gasteiger partial charge is 0.410 e. The van der Waals surface area contributed by atoms with Crippen LogP contribution in [0.5, 0.6) is 5.75 Å². The number of ether oxygens (including phenoxy) is 2. The molecule has 10 heteroatoms. The third-order valence-electron chi connectivity index (χ3n) is 5.26. The highest BCUT2D eigenvalue weighted by atomic mass is 16.6. The molecule has 32 heavy (non-hydrogen) atoms. The van der Waals surface area contributed by atoms with E-state index in [9.17, 15) is 9.59 Å². The number of aromatic amines is 1. The van der Waals surface area contributed by atoms with Crippen molar-refractivity contribution < 1.29 is 19.1 Å². The topological polar surface area (TPSA) is 114 Å². The normalized spacial score (nSPS) is 19.1. The second-order valence-electron chi connectivity index (χ2n) is 9.46. The van der Waals surface area contributed by atoms with Crippen LogP contribution in [0.25, 0.3) is 11.4 Å². The Hall–Kier alpha value is -3.17. The third kappa shape index (κ3) is 5.17. The number of carbonyl (C=O) groups is 2. The van der Waals surface area contributed by atoms with Gasteiger partial charge in [-0.25, -0.2) is 4.79 Å². The van der Waals surface area contributed by atoms with Gasteiger partial charge in [0.2, 0.25) is 5.82 Å². The predicted octanol–water partition coefficient (Wildman–Crippen LogP) is 2.98. The Balaban J connectivity index is 2.00. The molecule has 1 aliphatic rings. The highest BCUT2D eigenvalue weighted by Gasteiger charge is 2.35. The lowest BCUT2D eigenvalue weighted by molar-refractivity contribution is 0.0131. The number of hydrogen-bond donors (Lipinski definition) is 1. The third-order valence-corrected chi connectivity index (χ3v) is 5.26. The SMILES string of the molecule is CC1CN(C(C)C)C(=O)c2cccc(-c3nn[nH]n3)c2OC1CN(C)C(=O)OC(C)(C)C. The van der Waals surface area contributed by atoms with Gasteiger partial charge in [-0.1, -0.05) is 13.0 Å². The number of amides is 2. The maximum absolute atomic E-state index is 13.4. The van der Waals surface area contributed by atoms with E-state index < -0.39 is 17.8 Å². The van der Waals surface area contributed by atoms with Crippen molar-refractivity contribution in [2.45, 2.75) is 59.3 Å². The Labute approximate surface area is 188 Å². The van der Waals surface area contributed by atoms with Crippen LogP contribution in [0, 0.1) is 5.92 Å². The molecule has 0 radical (unpaired) electrons. The summed E-state index contributed by atoms with van der Waals surface area (Å²) in [5.74, 6) is 0.542. The number of benzene rings is 1. The largest absolute Gasteiger partial charge is 0.487 e. The van der Waals surface area contributed by atoms with Crippen molar-refractivity contribution in [2.75, 3.05) is 20.1 Å². The number of H-pyrrole nitrogens is 1. The maximum Gasteiger partial charge on any atom is 0.410 e. The zero-order valence-electron chi connectivity index (χ0n) is 19.7. The van der Waals surface area contributed by atoms with Gasteiger partial charge in [-0.15, -0.1) is 10.2 Å². The van der Waals surface area contributed by atoms with Crippen molar-refractivity contribution in [2.24, 2.45) is 5.92 Å². The molecule has 1 aliphatic heterocycles. The fraction of sp³-hybridized carbons (Fsp3) is 0.591. The first-order valence-corrected chi connectivity index (χ1v) is 10.8. The van der Waals surface area contributed by atoms with E-state index >= 15 is 0 Å². The molecule has 1 N–H and O–H groups in total. The monoisotopic (exact) mass is 444 g/mol. The number of likely N-dealkylation sites (N-methyl/N-ethyl adjacent to an activating group) is 1. The molecule has 0 spiro atoms. The van der Waals surface area contributed by atoms with Gasteiger partial charge in [0.1, 0.15) is 17.5 Å². The highest BCUT2D eigenvalue weighted by Crippen LogP contribution is 2.35. The summed E-state index contributed by atoms with van der Waals surface area (Å²) in [6, 6.07) is 5.30. The molecule has 2 aromatic rings. The molecule has 1 aromatic carbocycles. The molecule has 0 aliphatic carbocycles. The van der Waals surface area contributed by atoms with Crippen LogP contribution < -0.4 is 4.74 Å². The van der Waals surface area contributed by atoms with Crippen LogP contribution in [0.15, 0.2) is 18.2 Å². The van der Waals surface area contributed by atoms with Crippen molar-refractivity contribution in [3.63, 3.8) is 0 Å². The molecule has 2 amide bonds. The number of fused-ring (bicyclic) bond motifs is 1. The molecule has 3 rings (SSSR count). The van der Waals surface area contributed by atoms with Gasteiger partial charge < -0.3 is 19.3 Å². The summed E-state index contributed by atoms with van der Waals surface area (Å²) in [5, 5.41) is 14.2. The van der Waals surface area contributed by atoms with Crippen molar-refractivity contribution in [3.8, 4) is 17.1 Å². The number of tetrazole rings is 1. The lowest BCUT2D eigenvalue weighted by atomic mass is 9.98. The molecule has 174 valence electrons. The first-order valence-electron chi connectivity index (χ1n) is 10.8. The van der Waals surface area contributed by atoms with Gasteiger partial charge in [0, 0.05) is 25.6 Å². The molecule has 2 unspecified atom stereocenters. The van der Waals surface area contributed by atoms with Crippen LogP contribution in [-0.4, -0.2) is 80.3 Å². The van der Waals surface area contributed by atoms with Crippen molar-refractivity contribution in [1.82, 2.24) is 30.4 Å².